The van der Waals surface area contributed by atoms with Gasteiger partial charge in [0.25, 0.3) is 0 Å². The summed E-state index contributed by atoms with van der Waals surface area (Å²) < 4.78 is 10.6. The Bertz CT molecular complexity index is 577. The van der Waals surface area contributed by atoms with E-state index in [9.17, 15) is 4.79 Å². The van der Waals surface area contributed by atoms with Crippen molar-refractivity contribution in [1.29, 1.82) is 0 Å². The van der Waals surface area contributed by atoms with Crippen molar-refractivity contribution in [2.75, 3.05) is 13.7 Å². The fourth-order valence-corrected chi connectivity index (χ4v) is 1.89. The molecule has 0 bridgehead atoms. The maximum atomic E-state index is 11.8. The number of methoxy groups -OCH3 is 1. The summed E-state index contributed by atoms with van der Waals surface area (Å²) in [7, 11) is 1.60. The molecule has 0 saturated heterocycles. The molecule has 0 unspecified atom stereocenters. The van der Waals surface area contributed by atoms with Crippen LogP contribution in [0.5, 0.6) is 5.75 Å². The molecule has 5 nitrogen and oxygen atoms in total. The second kappa shape index (κ2) is 5.75. The highest BCUT2D eigenvalue weighted by Crippen LogP contribution is 2.25. The Morgan fingerprint density at radius 2 is 2.32 bits per heavy atom. The topological polar surface area (TPSA) is 77.5 Å². The van der Waals surface area contributed by atoms with Crippen molar-refractivity contribution < 1.29 is 13.9 Å². The Labute approximate surface area is 111 Å². The third-order valence-corrected chi connectivity index (χ3v) is 2.97. The molecule has 0 spiro atoms. The van der Waals surface area contributed by atoms with Crippen molar-refractivity contribution in [3.63, 3.8) is 0 Å². The van der Waals surface area contributed by atoms with Crippen LogP contribution in [0.15, 0.2) is 28.9 Å². The number of hydrogen-bond donors (Lipinski definition) is 2. The first kappa shape index (κ1) is 13.4. The van der Waals surface area contributed by atoms with Gasteiger partial charge in [-0.15, -0.1) is 0 Å². The zero-order valence-corrected chi connectivity index (χ0v) is 11.1. The van der Waals surface area contributed by atoms with E-state index < -0.39 is 0 Å². The van der Waals surface area contributed by atoms with Crippen LogP contribution in [0, 0.1) is 0 Å². The number of hydrogen-bond acceptors (Lipinski definition) is 4. The van der Waals surface area contributed by atoms with E-state index in [4.69, 9.17) is 14.9 Å². The molecule has 0 aliphatic heterocycles. The molecule has 5 heteroatoms. The molecule has 0 aliphatic carbocycles. The lowest BCUT2D eigenvalue weighted by atomic mass is 10.1. The highest BCUT2D eigenvalue weighted by atomic mass is 16.5. The molecular weight excluding hydrogens is 244 g/mol. The van der Waals surface area contributed by atoms with Gasteiger partial charge in [0.05, 0.1) is 19.8 Å². The molecule has 102 valence electrons. The molecule has 2 rings (SSSR count). The van der Waals surface area contributed by atoms with Crippen LogP contribution in [0.1, 0.15) is 12.5 Å². The number of nitrogens with two attached hydrogens (primary N) is 1. The summed E-state index contributed by atoms with van der Waals surface area (Å²) in [4.78, 5) is 11.8. The fourth-order valence-electron chi connectivity index (χ4n) is 1.89. The lowest BCUT2D eigenvalue weighted by Crippen LogP contribution is -2.38. The number of rotatable bonds is 5. The van der Waals surface area contributed by atoms with Crippen LogP contribution < -0.4 is 15.8 Å². The number of amides is 1. The van der Waals surface area contributed by atoms with Crippen molar-refractivity contribution in [3.05, 3.63) is 30.0 Å². The standard InChI is InChI=1S/C14H18N2O3/c1-9(7-15)16-14(17)5-10-8-19-13-6-11(18-2)3-4-12(10)13/h3-4,6,8-9H,5,7,15H2,1-2H3,(H,16,17)/t9-/m0/s1. The minimum atomic E-state index is -0.0588. The van der Waals surface area contributed by atoms with Gasteiger partial charge in [-0.25, -0.2) is 0 Å². The van der Waals surface area contributed by atoms with Crippen molar-refractivity contribution in [3.8, 4) is 5.75 Å². The summed E-state index contributed by atoms with van der Waals surface area (Å²) >= 11 is 0. The van der Waals surface area contributed by atoms with E-state index >= 15 is 0 Å². The van der Waals surface area contributed by atoms with Crippen LogP contribution in [0.25, 0.3) is 11.0 Å². The van der Waals surface area contributed by atoms with E-state index in [-0.39, 0.29) is 18.4 Å². The van der Waals surface area contributed by atoms with Gasteiger partial charge in [-0.2, -0.15) is 0 Å². The predicted molar refractivity (Wildman–Crippen MR) is 73.1 cm³/mol. The van der Waals surface area contributed by atoms with Gasteiger partial charge in [0.2, 0.25) is 5.91 Å². The van der Waals surface area contributed by atoms with Crippen LogP contribution in [-0.2, 0) is 11.2 Å². The highest BCUT2D eigenvalue weighted by Gasteiger charge is 2.12. The molecule has 1 atom stereocenters. The fraction of sp³-hybridized carbons (Fsp3) is 0.357. The van der Waals surface area contributed by atoms with Crippen molar-refractivity contribution in [2.24, 2.45) is 5.73 Å². The number of nitrogens with one attached hydrogen (secondary N) is 1. The minimum Gasteiger partial charge on any atom is -0.497 e. The molecule has 3 N–H and O–H groups in total. The maximum absolute atomic E-state index is 11.8. The van der Waals surface area contributed by atoms with Gasteiger partial charge in [-0.3, -0.25) is 4.79 Å². The zero-order valence-electron chi connectivity index (χ0n) is 11.1. The summed E-state index contributed by atoms with van der Waals surface area (Å²) in [6, 6.07) is 5.53. The Morgan fingerprint density at radius 3 is 3.00 bits per heavy atom. The first-order chi connectivity index (χ1) is 9.13. The molecule has 0 fully saturated rings. The normalized spacial score (nSPS) is 12.4. The van der Waals surface area contributed by atoms with E-state index in [0.717, 1.165) is 16.7 Å². The molecule has 1 aromatic heterocycles. The molecule has 1 amide bonds. The minimum absolute atomic E-state index is 0.0224. The lowest BCUT2D eigenvalue weighted by Gasteiger charge is -2.10. The molecule has 0 saturated carbocycles. The first-order valence-corrected chi connectivity index (χ1v) is 6.17. The van der Waals surface area contributed by atoms with Crippen LogP contribution in [-0.4, -0.2) is 25.6 Å². The summed E-state index contributed by atoms with van der Waals surface area (Å²) in [5.41, 5.74) is 7.05. The molecule has 1 heterocycles. The van der Waals surface area contributed by atoms with E-state index in [1.807, 2.05) is 19.1 Å². The number of carbonyl (C=O) groups excluding carboxylic acids is 1. The average Bonchev–Trinajstić information content (AvgIpc) is 2.80. The lowest BCUT2D eigenvalue weighted by molar-refractivity contribution is -0.120. The number of benzene rings is 1. The summed E-state index contributed by atoms with van der Waals surface area (Å²) in [5.74, 6) is 0.672. The van der Waals surface area contributed by atoms with E-state index in [0.29, 0.717) is 12.1 Å². The molecular formula is C14H18N2O3. The van der Waals surface area contributed by atoms with Crippen LogP contribution in [0.2, 0.25) is 0 Å². The second-order valence-corrected chi connectivity index (χ2v) is 4.50. The van der Waals surface area contributed by atoms with Crippen molar-refractivity contribution in [1.82, 2.24) is 5.32 Å². The summed E-state index contributed by atoms with van der Waals surface area (Å²) in [5, 5.41) is 3.75. The van der Waals surface area contributed by atoms with Gasteiger partial charge in [-0.05, 0) is 19.1 Å². The third kappa shape index (κ3) is 3.06. The summed E-state index contributed by atoms with van der Waals surface area (Å²) in [6.45, 7) is 2.30. The van der Waals surface area contributed by atoms with Crippen molar-refractivity contribution in [2.45, 2.75) is 19.4 Å². The highest BCUT2D eigenvalue weighted by molar-refractivity contribution is 5.88. The maximum Gasteiger partial charge on any atom is 0.224 e. The third-order valence-electron chi connectivity index (χ3n) is 2.97. The largest absolute Gasteiger partial charge is 0.497 e. The van der Waals surface area contributed by atoms with E-state index in [1.165, 1.54) is 0 Å². The quantitative estimate of drug-likeness (QED) is 0.855. The van der Waals surface area contributed by atoms with E-state index in [2.05, 4.69) is 5.32 Å². The number of carbonyl (C=O) groups is 1. The van der Waals surface area contributed by atoms with Crippen LogP contribution in [0.3, 0.4) is 0 Å². The summed E-state index contributed by atoms with van der Waals surface area (Å²) in [6.07, 6.45) is 1.89. The monoisotopic (exact) mass is 262 g/mol. The molecule has 0 radical (unpaired) electrons. The zero-order chi connectivity index (χ0) is 13.8. The molecule has 1 aromatic carbocycles. The molecule has 0 aliphatic rings. The van der Waals surface area contributed by atoms with Gasteiger partial charge in [0, 0.05) is 29.6 Å². The second-order valence-electron chi connectivity index (χ2n) is 4.50. The van der Waals surface area contributed by atoms with Gasteiger partial charge in [-0.1, -0.05) is 0 Å². The van der Waals surface area contributed by atoms with Gasteiger partial charge in [0.1, 0.15) is 11.3 Å². The van der Waals surface area contributed by atoms with Gasteiger partial charge < -0.3 is 20.2 Å². The number of fused-ring (bicyclic) bond motifs is 1. The predicted octanol–water partition coefficient (Wildman–Crippen LogP) is 1.45. The number of furan rings is 1. The average molecular weight is 262 g/mol. The molecule has 19 heavy (non-hydrogen) atoms. The SMILES string of the molecule is COc1ccc2c(CC(=O)N[C@@H](C)CN)coc2c1. The Hall–Kier alpha value is -2.01. The Kier molecular flexibility index (Phi) is 4.06. The van der Waals surface area contributed by atoms with Crippen LogP contribution >= 0.6 is 0 Å². The van der Waals surface area contributed by atoms with Gasteiger partial charge in [0.15, 0.2) is 0 Å². The molecule has 2 aromatic rings. The first-order valence-electron chi connectivity index (χ1n) is 6.17. The van der Waals surface area contributed by atoms with Crippen molar-refractivity contribution >= 4 is 16.9 Å². The Morgan fingerprint density at radius 1 is 1.53 bits per heavy atom. The van der Waals surface area contributed by atoms with Crippen LogP contribution in [0.4, 0.5) is 0 Å². The smallest absolute Gasteiger partial charge is 0.224 e. The van der Waals surface area contributed by atoms with E-state index in [1.54, 1.807) is 19.4 Å². The number of ether oxygens (including phenoxy) is 1. The Balaban J connectivity index is 2.15. The van der Waals surface area contributed by atoms with Gasteiger partial charge >= 0.3 is 0 Å².